The molecule has 0 fully saturated rings. The number of terminal acetylenes is 2. The molecule has 10 heteroatoms. The zero-order valence-electron chi connectivity index (χ0n) is 25.8. The maximum atomic E-state index is 12.4. The average Bonchev–Trinajstić information content (AvgIpc) is 3.04. The van der Waals surface area contributed by atoms with E-state index in [-0.39, 0.29) is 57.7 Å². The lowest BCUT2D eigenvalue weighted by molar-refractivity contribution is -0.234. The Morgan fingerprint density at radius 3 is 1.17 bits per heavy atom. The fourth-order valence-corrected chi connectivity index (χ4v) is 1.97. The van der Waals surface area contributed by atoms with Crippen molar-refractivity contribution in [2.75, 3.05) is 26.3 Å². The lowest BCUT2D eigenvalue weighted by Crippen LogP contribution is -2.43. The van der Waals surface area contributed by atoms with Gasteiger partial charge < -0.3 is 10.6 Å². The summed E-state index contributed by atoms with van der Waals surface area (Å²) in [7, 11) is 0. The molecule has 0 spiro atoms. The number of hydrogen-bond donors (Lipinski definition) is 2. The Morgan fingerprint density at radius 2 is 0.851 bits per heavy atom. The van der Waals surface area contributed by atoms with Crippen LogP contribution in [-0.2, 0) is 29.1 Å². The van der Waals surface area contributed by atoms with Crippen molar-refractivity contribution in [1.82, 2.24) is 10.6 Å². The number of nitrogens with zero attached hydrogens (tertiary/aromatic N) is 2. The molecule has 0 aromatic carbocycles. The van der Waals surface area contributed by atoms with Gasteiger partial charge in [-0.2, -0.15) is 9.78 Å². The molecule has 0 bridgehead atoms. The molecule has 0 saturated carbocycles. The van der Waals surface area contributed by atoms with Crippen LogP contribution in [0, 0.1) is 143 Å². The number of aliphatic imine (C=N–C) groups is 2. The maximum Gasteiger partial charge on any atom is 0.248 e. The topological polar surface area (TPSA) is 120 Å². The fraction of sp³-hybridized carbons (Fsp3) is 0.270. The van der Waals surface area contributed by atoms with Crippen LogP contribution in [0.25, 0.3) is 0 Å². The smallest absolute Gasteiger partial charge is 0.248 e. The molecule has 0 rings (SSSR count). The minimum atomic E-state index is -1.24. The summed E-state index contributed by atoms with van der Waals surface area (Å²) in [5.41, 5.74) is -2.47. The van der Waals surface area contributed by atoms with Gasteiger partial charge in [0.25, 0.3) is 0 Å². The first-order valence-corrected chi connectivity index (χ1v) is 12.9. The van der Waals surface area contributed by atoms with E-state index in [0.29, 0.717) is 0 Å². The molecule has 0 aromatic heterocycles. The van der Waals surface area contributed by atoms with Crippen LogP contribution in [0.1, 0.15) is 59.1 Å². The fourth-order valence-electron chi connectivity index (χ4n) is 1.97. The first kappa shape index (κ1) is 39.6. The first-order valence-electron chi connectivity index (χ1n) is 12.9. The molecular weight excluding hydrogens is 596 g/mol. The number of rotatable bonds is 12. The van der Waals surface area contributed by atoms with Crippen LogP contribution in [0.5, 0.6) is 0 Å². The third kappa shape index (κ3) is 23.8. The van der Waals surface area contributed by atoms with Gasteiger partial charge in [0.15, 0.2) is 12.2 Å². The van der Waals surface area contributed by atoms with Crippen LogP contribution in [0.4, 0.5) is 0 Å². The summed E-state index contributed by atoms with van der Waals surface area (Å²) in [6, 6.07) is 2.43. The summed E-state index contributed by atoms with van der Waals surface area (Å²) in [6.45, 7) is 6.38. The molecule has 0 aliphatic rings. The van der Waals surface area contributed by atoms with Crippen molar-refractivity contribution in [3.8, 4) is 143 Å². The quantitative estimate of drug-likeness (QED) is 0.0939. The molecular formula is C37H68N4O6. The summed E-state index contributed by atoms with van der Waals surface area (Å²) in [5.74, 6) is 46.6. The average molecular weight is 665 g/mol. The van der Waals surface area contributed by atoms with Crippen LogP contribution in [0.2, 0.25) is 0 Å². The second-order valence-electron chi connectivity index (χ2n) is 8.51. The molecule has 10 nitrogen and oxygen atoms in total. The van der Waals surface area contributed by atoms with Crippen LogP contribution in [0.15, 0.2) is 9.98 Å². The molecule has 2 N–H and O–H groups in total. The van der Waals surface area contributed by atoms with Crippen LogP contribution >= 0.6 is 0 Å². The van der Waals surface area contributed by atoms with Crippen molar-refractivity contribution in [2.24, 2.45) is 9.98 Å². The van der Waals surface area contributed by atoms with Crippen molar-refractivity contribution in [3.05, 3.63) is 0 Å². The monoisotopic (exact) mass is 665 g/mol. The number of carbonyl (C=O) groups is 2. The summed E-state index contributed by atoms with van der Waals surface area (Å²) >= 11 is 0. The van der Waals surface area contributed by atoms with Gasteiger partial charge in [0.2, 0.25) is 11.8 Å². The minimum absolute atomic E-state index is 0. The van der Waals surface area contributed by atoms with E-state index < -0.39 is 22.9 Å². The first-order chi connectivity index (χ1) is 22.7. The molecule has 0 aliphatic heterocycles. The van der Waals surface area contributed by atoms with Gasteiger partial charge in [-0.25, -0.2) is 9.98 Å². The van der Waals surface area contributed by atoms with Crippen LogP contribution in [-0.4, -0.2) is 55.2 Å². The number of hydrogen-bond acceptors (Lipinski definition) is 8. The van der Waals surface area contributed by atoms with Crippen molar-refractivity contribution in [2.45, 2.75) is 38.8 Å². The molecule has 0 saturated heterocycles. The van der Waals surface area contributed by atoms with Crippen LogP contribution < -0.4 is 10.6 Å². The lowest BCUT2D eigenvalue weighted by atomic mass is 10.1. The van der Waals surface area contributed by atoms with Gasteiger partial charge in [0.05, 0.1) is 6.01 Å². The van der Waals surface area contributed by atoms with Gasteiger partial charge in [0, 0.05) is 104 Å². The predicted molar refractivity (Wildman–Crippen MR) is 220 cm³/mol. The van der Waals surface area contributed by atoms with E-state index in [1.165, 1.54) is 0 Å². The lowest BCUT2D eigenvalue weighted by Gasteiger charge is -2.18. The predicted octanol–water partition coefficient (Wildman–Crippen LogP) is 5.47. The van der Waals surface area contributed by atoms with Crippen molar-refractivity contribution >= 4 is 17.8 Å². The van der Waals surface area contributed by atoms with Gasteiger partial charge in [-0.1, -0.05) is 0 Å². The van der Waals surface area contributed by atoms with Crippen LogP contribution in [0.3, 0.4) is 0 Å². The van der Waals surface area contributed by atoms with E-state index in [1.807, 2.05) is 0 Å². The summed E-state index contributed by atoms with van der Waals surface area (Å²) in [6.07, 6.45) is 14.3. The highest BCUT2D eigenvalue weighted by Gasteiger charge is 2.28. The van der Waals surface area contributed by atoms with Crippen molar-refractivity contribution in [3.63, 3.8) is 0 Å². The van der Waals surface area contributed by atoms with Crippen molar-refractivity contribution < 1.29 is 60.5 Å². The Labute approximate surface area is 308 Å². The van der Waals surface area contributed by atoms with Gasteiger partial charge >= 0.3 is 0 Å². The van der Waals surface area contributed by atoms with Gasteiger partial charge in [-0.15, -0.1) is 12.8 Å². The highest BCUT2D eigenvalue weighted by molar-refractivity contribution is 5.88. The van der Waals surface area contributed by atoms with E-state index >= 15 is 0 Å². The Kier molecular flexibility index (Phi) is 22.1. The summed E-state index contributed by atoms with van der Waals surface area (Å²) in [5, 5.41) is 5.24. The third-order valence-corrected chi connectivity index (χ3v) is 4.16. The van der Waals surface area contributed by atoms with E-state index in [9.17, 15) is 9.59 Å². The standard InChI is InChI=1S/C37H24N4O6.22H2/c1-7-9-11-13-15-17-19-21-23-25-29-44-46-31-27-38-34(42)36(3,4)40-33-41-37(5,6)35(43)39-28-32-47-45-30-26-24-22-20-18-16-14-12-10-8-2;;;;;;;;;;;;;;;;;;;;;;/h1-2H,27-28,31-32H2,3-6H3,(H,38,42)(H,39,43);22*1H. The highest BCUT2D eigenvalue weighted by Crippen LogP contribution is 2.10. The zero-order valence-corrected chi connectivity index (χ0v) is 25.8. The Balaban J connectivity index is -0.0000000458. The molecule has 0 radical (unpaired) electrons. The minimum Gasteiger partial charge on any atom is -0.352 e. The Morgan fingerprint density at radius 1 is 0.553 bits per heavy atom. The Hall–Kier alpha value is -7.44. The number of amides is 2. The molecule has 272 valence electrons. The highest BCUT2D eigenvalue weighted by atomic mass is 17.2. The Bertz CT molecular complexity index is 1870. The number of carbonyl (C=O) groups excluding carboxylic acids is 2. The van der Waals surface area contributed by atoms with Gasteiger partial charge in [-0.3, -0.25) is 19.4 Å². The van der Waals surface area contributed by atoms with Gasteiger partial charge in [-0.05, 0) is 86.9 Å². The van der Waals surface area contributed by atoms with E-state index in [4.69, 9.17) is 22.6 Å². The molecule has 2 amide bonds. The van der Waals surface area contributed by atoms with Crippen molar-refractivity contribution in [1.29, 1.82) is 0 Å². The normalized spacial score (nSPS) is 7.70. The molecule has 0 aliphatic carbocycles. The zero-order chi connectivity index (χ0) is 34.9. The molecule has 0 unspecified atom stereocenters. The maximum absolute atomic E-state index is 12.4. The molecule has 0 atom stereocenters. The van der Waals surface area contributed by atoms with E-state index in [0.717, 1.165) is 0 Å². The second kappa shape index (κ2) is 26.2. The van der Waals surface area contributed by atoms with E-state index in [2.05, 4.69) is 167 Å². The van der Waals surface area contributed by atoms with E-state index in [1.54, 1.807) is 27.7 Å². The van der Waals surface area contributed by atoms with Gasteiger partial charge in [0.1, 0.15) is 24.3 Å². The largest absolute Gasteiger partial charge is 0.352 e. The number of nitrogens with one attached hydrogen (secondary N) is 2. The molecule has 47 heavy (non-hydrogen) atoms. The molecule has 0 aromatic rings. The second-order valence-corrected chi connectivity index (χ2v) is 8.51. The third-order valence-electron chi connectivity index (χ3n) is 4.16. The molecule has 0 heterocycles. The SMILES string of the molecule is C#CC#CC#CC#CC#CC#COOCCNC(=O)C(C)(C)N=C=NC(C)(C)C(=O)NCCOOC#CC#CC#CC#CC#CC#C.[HH].[HH].[HH].[HH].[HH].[HH].[HH].[HH].[HH].[HH].[HH].[HH].[HH].[HH].[HH].[HH].[HH].[HH].[HH].[HH].[HH].[HH]. The summed E-state index contributed by atoms with van der Waals surface area (Å²) < 4.78 is 0. The summed E-state index contributed by atoms with van der Waals surface area (Å²) in [4.78, 5) is 51.9.